The second kappa shape index (κ2) is 4.11. The van der Waals surface area contributed by atoms with E-state index >= 15 is 0 Å². The molecule has 1 aromatic rings. The van der Waals surface area contributed by atoms with Gasteiger partial charge in [0, 0.05) is 0 Å². The monoisotopic (exact) mass is 164 g/mol. The van der Waals surface area contributed by atoms with Gasteiger partial charge in [0.2, 0.25) is 0 Å². The summed E-state index contributed by atoms with van der Waals surface area (Å²) in [6.45, 7) is 1.87. The zero-order valence-corrected chi connectivity index (χ0v) is 7.72. The molecule has 0 fully saturated rings. The molecule has 0 saturated heterocycles. The fourth-order valence-corrected chi connectivity index (χ4v) is 1.32. The quantitative estimate of drug-likeness (QED) is 0.658. The van der Waals surface area contributed by atoms with Crippen molar-refractivity contribution in [1.82, 2.24) is 0 Å². The average molecular weight is 164 g/mol. The Balaban J connectivity index is 2.65. The first kappa shape index (κ1) is 8.24. The Morgan fingerprint density at radius 1 is 1.27 bits per heavy atom. The Morgan fingerprint density at radius 3 is 2.45 bits per heavy atom. The summed E-state index contributed by atoms with van der Waals surface area (Å²) in [5.41, 5.74) is 3.05. The van der Waals surface area contributed by atoms with Crippen molar-refractivity contribution in [2.45, 2.75) is 6.55 Å². The van der Waals surface area contributed by atoms with Crippen molar-refractivity contribution in [2.75, 3.05) is 0 Å². The molecule has 58 valence electrons. The third-order valence-corrected chi connectivity index (χ3v) is 2.12. The molecule has 0 aliphatic carbocycles. The minimum atomic E-state index is -1.52. The van der Waals surface area contributed by atoms with Crippen molar-refractivity contribution in [1.29, 1.82) is 0 Å². The second-order valence-corrected chi connectivity index (χ2v) is 4.38. The molecule has 0 bridgehead atoms. The third-order valence-electron chi connectivity index (χ3n) is 1.37. The molecule has 0 heterocycles. The van der Waals surface area contributed by atoms with Gasteiger partial charge in [0.1, 0.15) is 0 Å². The molecule has 2 heteroatoms. The molecule has 0 aliphatic rings. The SMILES string of the molecule is C[SiH](O)/C=C/c1ccccc1. The van der Waals surface area contributed by atoms with E-state index in [1.807, 2.05) is 48.7 Å². The summed E-state index contributed by atoms with van der Waals surface area (Å²) in [6, 6.07) is 10.0. The first-order valence-corrected chi connectivity index (χ1v) is 6.04. The molecule has 1 rings (SSSR count). The molecule has 1 atom stereocenters. The molecular formula is C9H12OSi. The first-order chi connectivity index (χ1) is 5.29. The Hall–Kier alpha value is -0.863. The van der Waals surface area contributed by atoms with Gasteiger partial charge in [-0.05, 0) is 12.1 Å². The number of benzene rings is 1. The highest BCUT2D eigenvalue weighted by Gasteiger charge is 1.88. The first-order valence-electron chi connectivity index (χ1n) is 3.70. The fourth-order valence-electron chi connectivity index (χ4n) is 0.815. The van der Waals surface area contributed by atoms with Gasteiger partial charge in [-0.15, -0.1) is 0 Å². The molecule has 11 heavy (non-hydrogen) atoms. The highest BCUT2D eigenvalue weighted by atomic mass is 28.3. The highest BCUT2D eigenvalue weighted by Crippen LogP contribution is 2.00. The van der Waals surface area contributed by atoms with Gasteiger partial charge in [0.05, 0.1) is 0 Å². The van der Waals surface area contributed by atoms with E-state index in [2.05, 4.69) is 0 Å². The Morgan fingerprint density at radius 2 is 1.91 bits per heavy atom. The molecule has 0 radical (unpaired) electrons. The van der Waals surface area contributed by atoms with Crippen LogP contribution in [0.4, 0.5) is 0 Å². The maximum absolute atomic E-state index is 9.07. The van der Waals surface area contributed by atoms with Crippen LogP contribution in [0.25, 0.3) is 6.08 Å². The molecule has 0 saturated carbocycles. The topological polar surface area (TPSA) is 20.2 Å². The summed E-state index contributed by atoms with van der Waals surface area (Å²) in [7, 11) is -1.52. The predicted octanol–water partition coefficient (Wildman–Crippen LogP) is 1.58. The van der Waals surface area contributed by atoms with E-state index < -0.39 is 9.04 Å². The Bertz CT molecular complexity index is 229. The largest absolute Gasteiger partial charge is 0.431 e. The van der Waals surface area contributed by atoms with Crippen LogP contribution in [0.3, 0.4) is 0 Å². The third kappa shape index (κ3) is 3.16. The summed E-state index contributed by atoms with van der Waals surface area (Å²) in [6.07, 6.45) is 1.97. The van der Waals surface area contributed by atoms with Gasteiger partial charge in [-0.25, -0.2) is 0 Å². The van der Waals surface area contributed by atoms with Crippen molar-refractivity contribution in [3.05, 3.63) is 41.6 Å². The summed E-state index contributed by atoms with van der Waals surface area (Å²) in [4.78, 5) is 9.07. The van der Waals surface area contributed by atoms with E-state index in [0.29, 0.717) is 0 Å². The number of hydrogen-bond acceptors (Lipinski definition) is 1. The maximum Gasteiger partial charge on any atom is 0.193 e. The molecule has 1 N–H and O–H groups in total. The standard InChI is InChI=1S/C9H12OSi/c1-11(10)8-7-9-5-3-2-4-6-9/h2-8,10-11H,1H3/b8-7+. The molecule has 0 aromatic heterocycles. The normalized spacial score (nSPS) is 13.6. The number of rotatable bonds is 2. The summed E-state index contributed by atoms with van der Waals surface area (Å²) in [5, 5.41) is 0. The minimum absolute atomic E-state index is 1.15. The zero-order valence-electron chi connectivity index (χ0n) is 6.57. The van der Waals surface area contributed by atoms with Gasteiger partial charge < -0.3 is 4.80 Å². The van der Waals surface area contributed by atoms with Crippen LogP contribution in [-0.4, -0.2) is 13.8 Å². The average Bonchev–Trinajstić information content (AvgIpc) is 2.03. The lowest BCUT2D eigenvalue weighted by atomic mass is 10.2. The molecule has 1 aromatic carbocycles. The van der Waals surface area contributed by atoms with Crippen LogP contribution in [0.1, 0.15) is 5.56 Å². The van der Waals surface area contributed by atoms with Crippen LogP contribution in [0.5, 0.6) is 0 Å². The molecule has 1 unspecified atom stereocenters. The van der Waals surface area contributed by atoms with Crippen LogP contribution in [-0.2, 0) is 0 Å². The smallest absolute Gasteiger partial charge is 0.193 e. The van der Waals surface area contributed by atoms with Crippen molar-refractivity contribution < 1.29 is 4.80 Å². The van der Waals surface area contributed by atoms with Crippen LogP contribution in [0.2, 0.25) is 6.55 Å². The van der Waals surface area contributed by atoms with Crippen LogP contribution >= 0.6 is 0 Å². The second-order valence-electron chi connectivity index (χ2n) is 2.51. The lowest BCUT2D eigenvalue weighted by Gasteiger charge is -1.92. The highest BCUT2D eigenvalue weighted by molar-refractivity contribution is 6.55. The van der Waals surface area contributed by atoms with E-state index in [-0.39, 0.29) is 0 Å². The summed E-state index contributed by atoms with van der Waals surface area (Å²) in [5.74, 6) is 0. The fraction of sp³-hybridized carbons (Fsp3) is 0.111. The molecule has 0 spiro atoms. The van der Waals surface area contributed by atoms with Gasteiger partial charge >= 0.3 is 0 Å². The van der Waals surface area contributed by atoms with Crippen LogP contribution < -0.4 is 0 Å². The van der Waals surface area contributed by atoms with Crippen LogP contribution in [0.15, 0.2) is 36.0 Å². The Labute approximate surface area is 68.7 Å². The number of hydrogen-bond donors (Lipinski definition) is 1. The minimum Gasteiger partial charge on any atom is -0.431 e. The summed E-state index contributed by atoms with van der Waals surface area (Å²) >= 11 is 0. The van der Waals surface area contributed by atoms with Gasteiger partial charge in [0.15, 0.2) is 9.04 Å². The van der Waals surface area contributed by atoms with Crippen molar-refractivity contribution in [2.24, 2.45) is 0 Å². The molecule has 1 nitrogen and oxygen atoms in total. The van der Waals surface area contributed by atoms with Crippen molar-refractivity contribution in [3.8, 4) is 0 Å². The van der Waals surface area contributed by atoms with Gasteiger partial charge in [-0.1, -0.05) is 42.1 Å². The van der Waals surface area contributed by atoms with E-state index in [1.165, 1.54) is 0 Å². The van der Waals surface area contributed by atoms with E-state index in [4.69, 9.17) is 4.80 Å². The lowest BCUT2D eigenvalue weighted by Crippen LogP contribution is -1.98. The van der Waals surface area contributed by atoms with Gasteiger partial charge in [0.25, 0.3) is 0 Å². The van der Waals surface area contributed by atoms with Crippen LogP contribution in [0, 0.1) is 0 Å². The molecule has 0 amide bonds. The van der Waals surface area contributed by atoms with Crippen molar-refractivity contribution >= 4 is 15.1 Å². The molecule has 0 aliphatic heterocycles. The maximum atomic E-state index is 9.07. The Kier molecular flexibility index (Phi) is 3.07. The summed E-state index contributed by atoms with van der Waals surface area (Å²) < 4.78 is 0. The molecular weight excluding hydrogens is 152 g/mol. The van der Waals surface area contributed by atoms with E-state index in [0.717, 1.165) is 5.56 Å². The van der Waals surface area contributed by atoms with E-state index in [9.17, 15) is 0 Å². The van der Waals surface area contributed by atoms with E-state index in [1.54, 1.807) is 0 Å². The predicted molar refractivity (Wildman–Crippen MR) is 50.7 cm³/mol. The van der Waals surface area contributed by atoms with Crippen molar-refractivity contribution in [3.63, 3.8) is 0 Å². The lowest BCUT2D eigenvalue weighted by molar-refractivity contribution is 0.593. The zero-order chi connectivity index (χ0) is 8.10. The van der Waals surface area contributed by atoms with Gasteiger partial charge in [-0.2, -0.15) is 0 Å². The van der Waals surface area contributed by atoms with Gasteiger partial charge in [-0.3, -0.25) is 0 Å².